The third kappa shape index (κ3) is 4.64. The molecule has 3 rings (SSSR count). The van der Waals surface area contributed by atoms with Crippen LogP contribution in [0, 0.1) is 10.1 Å². The molecular formula is C15H20NO10P. The maximum Gasteiger partial charge on any atom is 0.527 e. The van der Waals surface area contributed by atoms with Crippen LogP contribution in [0.2, 0.25) is 0 Å². The molecule has 0 amide bonds. The van der Waals surface area contributed by atoms with Gasteiger partial charge in [-0.15, -0.1) is 0 Å². The van der Waals surface area contributed by atoms with Crippen LogP contribution in [0.1, 0.15) is 13.8 Å². The lowest BCUT2D eigenvalue weighted by atomic mass is 10.1. The van der Waals surface area contributed by atoms with Crippen molar-refractivity contribution >= 4 is 13.5 Å². The lowest BCUT2D eigenvalue weighted by Gasteiger charge is -2.23. The van der Waals surface area contributed by atoms with Gasteiger partial charge in [0.15, 0.2) is 12.1 Å². The Morgan fingerprint density at radius 3 is 2.48 bits per heavy atom. The molecule has 27 heavy (non-hydrogen) atoms. The number of phosphoric acid groups is 1. The van der Waals surface area contributed by atoms with E-state index in [1.807, 2.05) is 0 Å². The second-order valence-corrected chi connectivity index (χ2v) is 7.83. The van der Waals surface area contributed by atoms with Crippen molar-refractivity contribution in [3.63, 3.8) is 0 Å². The monoisotopic (exact) mass is 405 g/mol. The van der Waals surface area contributed by atoms with Crippen molar-refractivity contribution in [3.8, 4) is 5.75 Å². The van der Waals surface area contributed by atoms with Crippen molar-refractivity contribution in [3.05, 3.63) is 34.4 Å². The highest BCUT2D eigenvalue weighted by molar-refractivity contribution is 7.47. The zero-order valence-electron chi connectivity index (χ0n) is 14.8. The molecule has 2 aliphatic heterocycles. The molecule has 1 aromatic rings. The molecule has 150 valence electrons. The van der Waals surface area contributed by atoms with Gasteiger partial charge in [-0.25, -0.2) is 4.57 Å². The van der Waals surface area contributed by atoms with E-state index in [-0.39, 0.29) is 18.0 Å². The lowest BCUT2D eigenvalue weighted by molar-refractivity contribution is -0.384. The van der Waals surface area contributed by atoms with Gasteiger partial charge in [0.05, 0.1) is 11.5 Å². The molecule has 2 heterocycles. The Kier molecular flexibility index (Phi) is 5.55. The van der Waals surface area contributed by atoms with E-state index in [4.69, 9.17) is 28.0 Å². The van der Waals surface area contributed by atoms with E-state index in [9.17, 15) is 19.6 Å². The van der Waals surface area contributed by atoms with Crippen LogP contribution in [-0.4, -0.2) is 53.9 Å². The van der Waals surface area contributed by atoms with E-state index in [2.05, 4.69) is 0 Å². The fraction of sp³-hybridized carbons (Fsp3) is 0.600. The van der Waals surface area contributed by atoms with Crippen LogP contribution in [0.5, 0.6) is 5.75 Å². The molecule has 0 saturated carbocycles. The summed E-state index contributed by atoms with van der Waals surface area (Å²) in [6, 6.07) is 4.69. The Labute approximate surface area is 154 Å². The quantitative estimate of drug-likeness (QED) is 0.407. The summed E-state index contributed by atoms with van der Waals surface area (Å²) >= 11 is 0. The van der Waals surface area contributed by atoms with Gasteiger partial charge in [0.25, 0.3) is 5.69 Å². The molecule has 1 unspecified atom stereocenters. The van der Waals surface area contributed by atoms with E-state index in [1.54, 1.807) is 13.8 Å². The number of fused-ring (bicyclic) bond motifs is 1. The van der Waals surface area contributed by atoms with E-state index in [1.165, 1.54) is 19.2 Å². The number of hydrogen-bond donors (Lipinski definition) is 1. The van der Waals surface area contributed by atoms with Crippen LogP contribution in [-0.2, 0) is 28.0 Å². The minimum absolute atomic E-state index is 0.0481. The Balaban J connectivity index is 1.60. The number of benzene rings is 1. The number of non-ortho nitro benzene ring substituents is 1. The summed E-state index contributed by atoms with van der Waals surface area (Å²) in [5.74, 6) is -0.889. The number of ether oxygens (including phenoxy) is 4. The summed E-state index contributed by atoms with van der Waals surface area (Å²) < 4.78 is 44.3. The number of methoxy groups -OCH3 is 1. The molecule has 0 aromatic heterocycles. The first-order chi connectivity index (χ1) is 12.6. The van der Waals surface area contributed by atoms with E-state index in [0.29, 0.717) is 0 Å². The molecule has 2 saturated heterocycles. The van der Waals surface area contributed by atoms with Gasteiger partial charge in [0.2, 0.25) is 0 Å². The molecule has 11 nitrogen and oxygen atoms in total. The molecule has 1 N–H and O–H groups in total. The molecule has 0 aliphatic carbocycles. The second-order valence-electron chi connectivity index (χ2n) is 6.45. The lowest BCUT2D eigenvalue weighted by Crippen LogP contribution is -2.32. The molecule has 2 aliphatic rings. The van der Waals surface area contributed by atoms with Gasteiger partial charge in [0, 0.05) is 19.2 Å². The predicted octanol–water partition coefficient (Wildman–Crippen LogP) is 1.98. The van der Waals surface area contributed by atoms with E-state index < -0.39 is 43.1 Å². The highest BCUT2D eigenvalue weighted by Gasteiger charge is 2.56. The van der Waals surface area contributed by atoms with Crippen molar-refractivity contribution in [2.75, 3.05) is 13.7 Å². The van der Waals surface area contributed by atoms with Crippen LogP contribution < -0.4 is 4.52 Å². The molecule has 5 atom stereocenters. The Bertz CT molecular complexity index is 739. The topological polar surface area (TPSA) is 136 Å². The SMILES string of the molecule is CO[C@@H]1O[C@H](COP(=O)(O)Oc2ccc([N+](=O)[O-])cc2)[C@H]2OC(C)(C)O[C@@H]12. The molecule has 1 aromatic carbocycles. The van der Waals surface area contributed by atoms with Gasteiger partial charge in [-0.1, -0.05) is 0 Å². The fourth-order valence-electron chi connectivity index (χ4n) is 2.92. The van der Waals surface area contributed by atoms with Crippen LogP contribution in [0.3, 0.4) is 0 Å². The zero-order chi connectivity index (χ0) is 19.8. The maximum absolute atomic E-state index is 12.1. The maximum atomic E-state index is 12.1. The Morgan fingerprint density at radius 1 is 1.26 bits per heavy atom. The summed E-state index contributed by atoms with van der Waals surface area (Å²) in [5, 5.41) is 10.6. The second kappa shape index (κ2) is 7.44. The number of phosphoric ester groups is 1. The van der Waals surface area contributed by atoms with Crippen molar-refractivity contribution in [2.24, 2.45) is 0 Å². The van der Waals surface area contributed by atoms with E-state index >= 15 is 0 Å². The summed E-state index contributed by atoms with van der Waals surface area (Å²) in [4.78, 5) is 19.9. The first-order valence-corrected chi connectivity index (χ1v) is 9.55. The van der Waals surface area contributed by atoms with Crippen LogP contribution in [0.15, 0.2) is 24.3 Å². The first kappa shape index (κ1) is 20.2. The highest BCUT2D eigenvalue weighted by Crippen LogP contribution is 2.46. The highest BCUT2D eigenvalue weighted by atomic mass is 31.2. The molecular weight excluding hydrogens is 385 g/mol. The summed E-state index contributed by atoms with van der Waals surface area (Å²) in [5.41, 5.74) is -0.173. The molecule has 2 fully saturated rings. The minimum atomic E-state index is -4.49. The summed E-state index contributed by atoms with van der Waals surface area (Å²) in [6.45, 7) is 3.18. The number of hydrogen-bond acceptors (Lipinski definition) is 9. The van der Waals surface area contributed by atoms with Gasteiger partial charge in [-0.05, 0) is 26.0 Å². The largest absolute Gasteiger partial charge is 0.527 e. The van der Waals surface area contributed by atoms with Crippen molar-refractivity contribution < 1.29 is 42.4 Å². The number of rotatable bonds is 7. The van der Waals surface area contributed by atoms with Gasteiger partial charge >= 0.3 is 7.82 Å². The van der Waals surface area contributed by atoms with Crippen LogP contribution in [0.4, 0.5) is 5.69 Å². The predicted molar refractivity (Wildman–Crippen MR) is 89.0 cm³/mol. The van der Waals surface area contributed by atoms with Gasteiger partial charge in [-0.2, -0.15) is 0 Å². The first-order valence-electron chi connectivity index (χ1n) is 8.05. The number of nitro groups is 1. The summed E-state index contributed by atoms with van der Waals surface area (Å²) in [6.07, 6.45) is -2.43. The molecule has 0 spiro atoms. The fourth-order valence-corrected chi connectivity index (χ4v) is 3.70. The standard InChI is InChI=1S/C15H20NO10P/c1-15(2)24-12-11(23-14(21-3)13(12)25-15)8-22-27(19,20)26-10-6-4-9(5-7-10)16(17)18/h4-7,11-14H,8H2,1-3H3,(H,19,20)/t11-,12-,13-,14-/m1/s1. The molecule has 0 bridgehead atoms. The Hall–Kier alpha value is -1.59. The molecule has 12 heteroatoms. The normalized spacial score (nSPS) is 31.3. The van der Waals surface area contributed by atoms with Crippen LogP contribution in [0.25, 0.3) is 0 Å². The van der Waals surface area contributed by atoms with Crippen molar-refractivity contribution in [2.45, 2.75) is 44.2 Å². The van der Waals surface area contributed by atoms with Gasteiger partial charge in [0.1, 0.15) is 24.1 Å². The third-order valence-corrected chi connectivity index (χ3v) is 4.93. The minimum Gasteiger partial charge on any atom is -0.404 e. The van der Waals surface area contributed by atoms with Crippen molar-refractivity contribution in [1.82, 2.24) is 0 Å². The molecule has 0 radical (unpaired) electrons. The van der Waals surface area contributed by atoms with Gasteiger partial charge in [-0.3, -0.25) is 19.5 Å². The average molecular weight is 405 g/mol. The zero-order valence-corrected chi connectivity index (χ0v) is 15.7. The average Bonchev–Trinajstić information content (AvgIpc) is 3.06. The number of nitrogens with zero attached hydrogens (tertiary/aromatic N) is 1. The smallest absolute Gasteiger partial charge is 0.404 e. The number of nitro benzene ring substituents is 1. The van der Waals surface area contributed by atoms with Gasteiger partial charge < -0.3 is 23.5 Å². The summed E-state index contributed by atoms with van der Waals surface area (Å²) in [7, 11) is -3.04. The third-order valence-electron chi connectivity index (χ3n) is 4.01. The van der Waals surface area contributed by atoms with Crippen molar-refractivity contribution in [1.29, 1.82) is 0 Å². The van der Waals surface area contributed by atoms with Crippen LogP contribution >= 0.6 is 7.82 Å². The van der Waals surface area contributed by atoms with E-state index in [0.717, 1.165) is 12.1 Å². The Morgan fingerprint density at radius 2 is 1.89 bits per heavy atom.